The summed E-state index contributed by atoms with van der Waals surface area (Å²) in [5.74, 6) is -0.297. The van der Waals surface area contributed by atoms with Gasteiger partial charge in [0.2, 0.25) is 0 Å². The molecule has 0 radical (unpaired) electrons. The maximum Gasteiger partial charge on any atom is 0.335 e. The number of ether oxygens (including phenoxy) is 1. The van der Waals surface area contributed by atoms with Crippen LogP contribution < -0.4 is 10.1 Å². The van der Waals surface area contributed by atoms with Crippen molar-refractivity contribution in [2.24, 2.45) is 0 Å². The number of benzene rings is 3. The molecule has 2 N–H and O–H groups in total. The number of likely N-dealkylation sites (N-methyl/N-ethyl adjacent to an activating group) is 1. The summed E-state index contributed by atoms with van der Waals surface area (Å²) in [5.41, 5.74) is 1.51. The highest BCUT2D eigenvalue weighted by molar-refractivity contribution is 5.98. The summed E-state index contributed by atoms with van der Waals surface area (Å²) < 4.78 is 6.20. The molecular formula is C28H30N2O4. The Labute approximate surface area is 199 Å². The van der Waals surface area contributed by atoms with Gasteiger partial charge in [-0.1, -0.05) is 48.5 Å². The third-order valence-corrected chi connectivity index (χ3v) is 6.26. The van der Waals surface area contributed by atoms with Gasteiger partial charge in [-0.25, -0.2) is 4.79 Å². The molecular weight excluding hydrogens is 428 g/mol. The zero-order valence-electron chi connectivity index (χ0n) is 19.4. The molecule has 6 nitrogen and oxygen atoms in total. The summed E-state index contributed by atoms with van der Waals surface area (Å²) in [6.45, 7) is 4.54. The minimum atomic E-state index is -0.978. The molecule has 176 valence electrons. The first kappa shape index (κ1) is 23.5. The Bertz CT molecular complexity index is 1180. The Morgan fingerprint density at radius 2 is 1.74 bits per heavy atom. The van der Waals surface area contributed by atoms with Gasteiger partial charge in [0, 0.05) is 18.0 Å². The van der Waals surface area contributed by atoms with Crippen LogP contribution in [0.25, 0.3) is 16.8 Å². The summed E-state index contributed by atoms with van der Waals surface area (Å²) in [4.78, 5) is 26.8. The van der Waals surface area contributed by atoms with Crippen LogP contribution in [0.3, 0.4) is 0 Å². The first-order valence-corrected chi connectivity index (χ1v) is 11.7. The van der Waals surface area contributed by atoms with Crippen molar-refractivity contribution in [3.05, 3.63) is 83.4 Å². The lowest BCUT2D eigenvalue weighted by Crippen LogP contribution is -2.47. The molecule has 6 heteroatoms. The summed E-state index contributed by atoms with van der Waals surface area (Å²) in [6, 6.07) is 20.6. The molecule has 3 aromatic rings. The van der Waals surface area contributed by atoms with Gasteiger partial charge < -0.3 is 20.1 Å². The largest absolute Gasteiger partial charge is 0.488 e. The second-order valence-electron chi connectivity index (χ2n) is 8.44. The Morgan fingerprint density at radius 1 is 1.03 bits per heavy atom. The standard InChI is InChI=1S/C28H30N2O4/c1-2-30(24-14-16-29-17-15-24)27(31)23(18-20-10-12-22(13-11-20)28(32)33)19-34-26-9-5-7-21-6-3-4-8-25(21)26/h3-13,18,24,29H,2,14-17,19H2,1H3,(H,32,33)/b23-18+. The maximum absolute atomic E-state index is 13.7. The highest BCUT2D eigenvalue weighted by Gasteiger charge is 2.26. The first-order valence-electron chi connectivity index (χ1n) is 11.7. The monoisotopic (exact) mass is 458 g/mol. The van der Waals surface area contributed by atoms with E-state index in [4.69, 9.17) is 4.74 Å². The molecule has 1 heterocycles. The molecule has 0 saturated carbocycles. The molecule has 1 amide bonds. The van der Waals surface area contributed by atoms with Crippen molar-refractivity contribution < 1.29 is 19.4 Å². The Morgan fingerprint density at radius 3 is 2.44 bits per heavy atom. The number of rotatable bonds is 8. The van der Waals surface area contributed by atoms with Gasteiger partial charge in [-0.2, -0.15) is 0 Å². The summed E-state index contributed by atoms with van der Waals surface area (Å²) in [6.07, 6.45) is 3.65. The van der Waals surface area contributed by atoms with E-state index in [-0.39, 0.29) is 24.1 Å². The van der Waals surface area contributed by atoms with Gasteiger partial charge in [-0.3, -0.25) is 4.79 Å². The number of hydrogen-bond donors (Lipinski definition) is 2. The molecule has 3 aromatic carbocycles. The van der Waals surface area contributed by atoms with Gasteiger partial charge in [0.25, 0.3) is 5.91 Å². The van der Waals surface area contributed by atoms with Crippen LogP contribution in [0.5, 0.6) is 5.75 Å². The number of carboxylic acid groups (broad SMARTS) is 1. The number of hydrogen-bond acceptors (Lipinski definition) is 4. The second-order valence-corrected chi connectivity index (χ2v) is 8.44. The van der Waals surface area contributed by atoms with Crippen LogP contribution in [-0.4, -0.2) is 54.2 Å². The Balaban J connectivity index is 1.63. The van der Waals surface area contributed by atoms with Crippen LogP contribution in [0.1, 0.15) is 35.7 Å². The van der Waals surface area contributed by atoms with Crippen LogP contribution >= 0.6 is 0 Å². The maximum atomic E-state index is 13.7. The van der Waals surface area contributed by atoms with Crippen molar-refractivity contribution in [3.63, 3.8) is 0 Å². The van der Waals surface area contributed by atoms with E-state index in [0.717, 1.165) is 48.0 Å². The average molecular weight is 459 g/mol. The number of carbonyl (C=O) groups excluding carboxylic acids is 1. The normalized spacial score (nSPS) is 14.7. The Kier molecular flexibility index (Phi) is 7.60. The highest BCUT2D eigenvalue weighted by atomic mass is 16.5. The third kappa shape index (κ3) is 5.46. The smallest absolute Gasteiger partial charge is 0.335 e. The highest BCUT2D eigenvalue weighted by Crippen LogP contribution is 2.26. The molecule has 34 heavy (non-hydrogen) atoms. The zero-order chi connectivity index (χ0) is 23.9. The van der Waals surface area contributed by atoms with Gasteiger partial charge in [0.15, 0.2) is 0 Å². The molecule has 0 aromatic heterocycles. The van der Waals surface area contributed by atoms with Crippen LogP contribution in [0.15, 0.2) is 72.3 Å². The van der Waals surface area contributed by atoms with Gasteiger partial charge in [0.05, 0.1) is 11.1 Å². The van der Waals surface area contributed by atoms with Gasteiger partial charge in [0.1, 0.15) is 12.4 Å². The fraction of sp³-hybridized carbons (Fsp3) is 0.286. The van der Waals surface area contributed by atoms with E-state index >= 15 is 0 Å². The van der Waals surface area contributed by atoms with E-state index in [9.17, 15) is 14.7 Å². The lowest BCUT2D eigenvalue weighted by Gasteiger charge is -2.34. The van der Waals surface area contributed by atoms with Crippen molar-refractivity contribution in [1.82, 2.24) is 10.2 Å². The summed E-state index contributed by atoms with van der Waals surface area (Å²) >= 11 is 0. The molecule has 0 unspecified atom stereocenters. The number of aromatic carboxylic acids is 1. The minimum absolute atomic E-state index is 0.0445. The number of nitrogens with one attached hydrogen (secondary N) is 1. The molecule has 1 aliphatic heterocycles. The SMILES string of the molecule is CCN(C(=O)/C(=C/c1ccc(C(=O)O)cc1)COc1cccc2ccccc12)C1CCNCC1. The molecule has 1 fully saturated rings. The van der Waals surface area contributed by atoms with Crippen molar-refractivity contribution >= 4 is 28.7 Å². The number of carbonyl (C=O) groups is 2. The molecule has 1 saturated heterocycles. The van der Waals surface area contributed by atoms with Crippen molar-refractivity contribution in [2.75, 3.05) is 26.2 Å². The summed E-state index contributed by atoms with van der Waals surface area (Å²) in [5, 5.41) is 14.6. The quantitative estimate of drug-likeness (QED) is 0.483. The first-order chi connectivity index (χ1) is 16.6. The number of nitrogens with zero attached hydrogens (tertiary/aromatic N) is 1. The molecule has 0 spiro atoms. The molecule has 4 rings (SSSR count). The lowest BCUT2D eigenvalue weighted by atomic mass is 10.0. The predicted molar refractivity (Wildman–Crippen MR) is 134 cm³/mol. The second kappa shape index (κ2) is 11.0. The van der Waals surface area contributed by atoms with E-state index in [0.29, 0.717) is 12.1 Å². The lowest BCUT2D eigenvalue weighted by molar-refractivity contribution is -0.129. The van der Waals surface area contributed by atoms with Crippen LogP contribution in [0, 0.1) is 0 Å². The van der Waals surface area contributed by atoms with Crippen molar-refractivity contribution in [1.29, 1.82) is 0 Å². The van der Waals surface area contributed by atoms with Crippen molar-refractivity contribution in [2.45, 2.75) is 25.8 Å². The number of amides is 1. The number of fused-ring (bicyclic) bond motifs is 1. The van der Waals surface area contributed by atoms with Crippen LogP contribution in [0.4, 0.5) is 0 Å². The fourth-order valence-corrected chi connectivity index (χ4v) is 4.44. The Hall–Kier alpha value is -3.64. The zero-order valence-corrected chi connectivity index (χ0v) is 19.4. The van der Waals surface area contributed by atoms with Gasteiger partial charge >= 0.3 is 5.97 Å². The van der Waals surface area contributed by atoms with Crippen LogP contribution in [0.2, 0.25) is 0 Å². The van der Waals surface area contributed by atoms with E-state index < -0.39 is 5.97 Å². The number of carboxylic acids is 1. The van der Waals surface area contributed by atoms with Crippen LogP contribution in [-0.2, 0) is 4.79 Å². The van der Waals surface area contributed by atoms with Gasteiger partial charge in [-0.05, 0) is 68.1 Å². The van der Waals surface area contributed by atoms with E-state index in [2.05, 4.69) is 5.32 Å². The average Bonchev–Trinajstić information content (AvgIpc) is 2.87. The fourth-order valence-electron chi connectivity index (χ4n) is 4.44. The molecule has 0 bridgehead atoms. The topological polar surface area (TPSA) is 78.9 Å². The summed E-state index contributed by atoms with van der Waals surface area (Å²) in [7, 11) is 0. The third-order valence-electron chi connectivity index (χ3n) is 6.26. The molecule has 0 atom stereocenters. The predicted octanol–water partition coefficient (Wildman–Crippen LogP) is 4.60. The van der Waals surface area contributed by atoms with E-state index in [1.807, 2.05) is 60.4 Å². The minimum Gasteiger partial charge on any atom is -0.488 e. The van der Waals surface area contributed by atoms with E-state index in [1.54, 1.807) is 24.3 Å². The van der Waals surface area contributed by atoms with Crippen molar-refractivity contribution in [3.8, 4) is 5.75 Å². The number of piperidine rings is 1. The van der Waals surface area contributed by atoms with E-state index in [1.165, 1.54) is 0 Å². The van der Waals surface area contributed by atoms with Gasteiger partial charge in [-0.15, -0.1) is 0 Å². The molecule has 0 aliphatic carbocycles. The molecule has 1 aliphatic rings.